The summed E-state index contributed by atoms with van der Waals surface area (Å²) in [7, 11) is 0. The zero-order valence-electron chi connectivity index (χ0n) is 11.5. The summed E-state index contributed by atoms with van der Waals surface area (Å²) >= 11 is 0. The number of halogens is 2. The molecule has 1 nitrogen and oxygen atoms in total. The summed E-state index contributed by atoms with van der Waals surface area (Å²) in [5, 5.41) is 0. The van der Waals surface area contributed by atoms with Crippen LogP contribution in [0.1, 0.15) is 33.5 Å². The summed E-state index contributed by atoms with van der Waals surface area (Å²) in [6.45, 7) is 4.00. The van der Waals surface area contributed by atoms with Crippen LogP contribution >= 0.6 is 0 Å². The van der Waals surface area contributed by atoms with Gasteiger partial charge >= 0.3 is 0 Å². The lowest BCUT2D eigenvalue weighted by Gasteiger charge is -2.07. The maximum absolute atomic E-state index is 13.5. The lowest BCUT2D eigenvalue weighted by molar-refractivity contribution is 0.0979. The minimum absolute atomic E-state index is 0.0452. The Labute approximate surface area is 117 Å². The van der Waals surface area contributed by atoms with E-state index in [1.165, 1.54) is 11.6 Å². The van der Waals surface area contributed by atoms with Crippen LogP contribution < -0.4 is 0 Å². The van der Waals surface area contributed by atoms with Crippen LogP contribution in [0.25, 0.3) is 0 Å². The number of aryl methyl sites for hydroxylation is 3. The van der Waals surface area contributed by atoms with Crippen LogP contribution in [0.5, 0.6) is 0 Å². The highest BCUT2D eigenvalue weighted by Gasteiger charge is 2.13. The minimum Gasteiger partial charge on any atom is -0.294 e. The highest BCUT2D eigenvalue weighted by Crippen LogP contribution is 2.16. The van der Waals surface area contributed by atoms with Gasteiger partial charge in [-0.2, -0.15) is 0 Å². The van der Waals surface area contributed by atoms with Gasteiger partial charge in [-0.25, -0.2) is 8.78 Å². The standard InChI is InChI=1S/C17H16F2O/c1-11-3-4-13(12(2)9-11)5-8-17(20)15-7-6-14(18)10-16(15)19/h3-4,6-7,9-10H,5,8H2,1-2H3. The van der Waals surface area contributed by atoms with Gasteiger partial charge in [0, 0.05) is 12.5 Å². The number of hydrogen-bond donors (Lipinski definition) is 0. The Morgan fingerprint density at radius 1 is 1.05 bits per heavy atom. The molecule has 2 rings (SSSR count). The molecule has 0 N–H and O–H groups in total. The number of hydrogen-bond acceptors (Lipinski definition) is 1. The van der Waals surface area contributed by atoms with Crippen molar-refractivity contribution < 1.29 is 13.6 Å². The van der Waals surface area contributed by atoms with E-state index >= 15 is 0 Å². The number of ketones is 1. The molecular weight excluding hydrogens is 258 g/mol. The van der Waals surface area contributed by atoms with Gasteiger partial charge in [0.1, 0.15) is 11.6 Å². The minimum atomic E-state index is -0.796. The molecule has 0 aliphatic carbocycles. The number of carbonyl (C=O) groups excluding carboxylic acids is 1. The molecular formula is C17H16F2O. The smallest absolute Gasteiger partial charge is 0.166 e. The quantitative estimate of drug-likeness (QED) is 0.755. The van der Waals surface area contributed by atoms with Crippen molar-refractivity contribution in [2.45, 2.75) is 26.7 Å². The first-order valence-corrected chi connectivity index (χ1v) is 6.52. The van der Waals surface area contributed by atoms with Crippen molar-refractivity contribution in [2.75, 3.05) is 0 Å². The zero-order valence-corrected chi connectivity index (χ0v) is 11.5. The van der Waals surface area contributed by atoms with Crippen molar-refractivity contribution in [1.82, 2.24) is 0 Å². The molecule has 0 aromatic heterocycles. The molecule has 104 valence electrons. The average molecular weight is 274 g/mol. The summed E-state index contributed by atoms with van der Waals surface area (Å²) in [6, 6.07) is 9.08. The number of benzene rings is 2. The summed E-state index contributed by atoms with van der Waals surface area (Å²) in [6.07, 6.45) is 0.772. The summed E-state index contributed by atoms with van der Waals surface area (Å²) < 4.78 is 26.3. The SMILES string of the molecule is Cc1ccc(CCC(=O)c2ccc(F)cc2F)c(C)c1. The van der Waals surface area contributed by atoms with Crippen LogP contribution in [0.15, 0.2) is 36.4 Å². The summed E-state index contributed by atoms with van der Waals surface area (Å²) in [5.41, 5.74) is 3.32. The first-order chi connectivity index (χ1) is 9.47. The van der Waals surface area contributed by atoms with E-state index < -0.39 is 11.6 Å². The third-order valence-corrected chi connectivity index (χ3v) is 3.35. The Balaban J connectivity index is 2.08. The summed E-state index contributed by atoms with van der Waals surface area (Å²) in [4.78, 5) is 12.0. The molecule has 0 unspecified atom stereocenters. The molecule has 3 heteroatoms. The lowest BCUT2D eigenvalue weighted by Crippen LogP contribution is -2.05. The molecule has 0 heterocycles. The number of carbonyl (C=O) groups is 1. The van der Waals surface area contributed by atoms with E-state index in [0.29, 0.717) is 6.42 Å². The second-order valence-electron chi connectivity index (χ2n) is 4.98. The molecule has 0 saturated heterocycles. The van der Waals surface area contributed by atoms with Crippen molar-refractivity contribution in [2.24, 2.45) is 0 Å². The topological polar surface area (TPSA) is 17.1 Å². The van der Waals surface area contributed by atoms with Crippen LogP contribution in [0, 0.1) is 25.5 Å². The second-order valence-corrected chi connectivity index (χ2v) is 4.98. The fourth-order valence-corrected chi connectivity index (χ4v) is 2.22. The average Bonchev–Trinajstić information content (AvgIpc) is 2.37. The second kappa shape index (κ2) is 5.95. The van der Waals surface area contributed by atoms with Crippen molar-refractivity contribution in [1.29, 1.82) is 0 Å². The third-order valence-electron chi connectivity index (χ3n) is 3.35. The van der Waals surface area contributed by atoms with Gasteiger partial charge in [0.15, 0.2) is 5.78 Å². The maximum atomic E-state index is 13.5. The molecule has 0 radical (unpaired) electrons. The van der Waals surface area contributed by atoms with E-state index in [0.717, 1.165) is 23.3 Å². The molecule has 0 fully saturated rings. The fourth-order valence-electron chi connectivity index (χ4n) is 2.22. The molecule has 0 bridgehead atoms. The van der Waals surface area contributed by atoms with Crippen molar-refractivity contribution in [3.8, 4) is 0 Å². The molecule has 2 aromatic rings. The van der Waals surface area contributed by atoms with Crippen LogP contribution in [0.4, 0.5) is 8.78 Å². The lowest BCUT2D eigenvalue weighted by atomic mass is 9.98. The van der Waals surface area contributed by atoms with Crippen molar-refractivity contribution in [3.63, 3.8) is 0 Å². The van der Waals surface area contributed by atoms with Crippen LogP contribution in [0.3, 0.4) is 0 Å². The number of Topliss-reactive ketones (excluding diaryl/α,β-unsaturated/α-hetero) is 1. The van der Waals surface area contributed by atoms with E-state index in [4.69, 9.17) is 0 Å². The number of rotatable bonds is 4. The van der Waals surface area contributed by atoms with Gasteiger partial charge < -0.3 is 0 Å². The normalized spacial score (nSPS) is 10.6. The molecule has 0 aliphatic rings. The van der Waals surface area contributed by atoms with Gasteiger partial charge in [0.2, 0.25) is 0 Å². The highest BCUT2D eigenvalue weighted by atomic mass is 19.1. The Morgan fingerprint density at radius 2 is 1.80 bits per heavy atom. The van der Waals surface area contributed by atoms with Crippen molar-refractivity contribution >= 4 is 5.78 Å². The van der Waals surface area contributed by atoms with E-state index in [1.54, 1.807) is 0 Å². The van der Waals surface area contributed by atoms with Gasteiger partial charge in [-0.3, -0.25) is 4.79 Å². The summed E-state index contributed by atoms with van der Waals surface area (Å²) in [5.74, 6) is -1.77. The zero-order chi connectivity index (χ0) is 14.7. The predicted octanol–water partition coefficient (Wildman–Crippen LogP) is 4.40. The van der Waals surface area contributed by atoms with Crippen LogP contribution in [0.2, 0.25) is 0 Å². The van der Waals surface area contributed by atoms with E-state index in [9.17, 15) is 13.6 Å². The van der Waals surface area contributed by atoms with Gasteiger partial charge in [0.25, 0.3) is 0 Å². The van der Waals surface area contributed by atoms with E-state index in [1.807, 2.05) is 26.0 Å². The predicted molar refractivity (Wildman–Crippen MR) is 74.9 cm³/mol. The van der Waals surface area contributed by atoms with E-state index in [-0.39, 0.29) is 17.8 Å². The van der Waals surface area contributed by atoms with Crippen LogP contribution in [-0.2, 0) is 6.42 Å². The van der Waals surface area contributed by atoms with E-state index in [2.05, 4.69) is 6.07 Å². The molecule has 2 aromatic carbocycles. The molecule has 0 spiro atoms. The monoisotopic (exact) mass is 274 g/mol. The third kappa shape index (κ3) is 3.29. The highest BCUT2D eigenvalue weighted by molar-refractivity contribution is 5.96. The van der Waals surface area contributed by atoms with Gasteiger partial charge in [-0.15, -0.1) is 0 Å². The van der Waals surface area contributed by atoms with Crippen LogP contribution in [-0.4, -0.2) is 5.78 Å². The largest absolute Gasteiger partial charge is 0.294 e. The Hall–Kier alpha value is -2.03. The first kappa shape index (κ1) is 14.4. The van der Waals surface area contributed by atoms with Crippen molar-refractivity contribution in [3.05, 3.63) is 70.3 Å². The molecule has 0 atom stereocenters. The molecule has 0 saturated carbocycles. The molecule has 20 heavy (non-hydrogen) atoms. The Kier molecular flexibility index (Phi) is 4.28. The van der Waals surface area contributed by atoms with Gasteiger partial charge in [-0.05, 0) is 43.5 Å². The fraction of sp³-hybridized carbons (Fsp3) is 0.235. The Bertz CT molecular complexity index is 647. The maximum Gasteiger partial charge on any atom is 0.166 e. The molecule has 0 aliphatic heterocycles. The van der Waals surface area contributed by atoms with Gasteiger partial charge in [0.05, 0.1) is 5.56 Å². The first-order valence-electron chi connectivity index (χ1n) is 6.52. The van der Waals surface area contributed by atoms with Gasteiger partial charge in [-0.1, -0.05) is 23.8 Å². The molecule has 0 amide bonds. The Morgan fingerprint density at radius 3 is 2.45 bits per heavy atom.